The summed E-state index contributed by atoms with van der Waals surface area (Å²) in [7, 11) is 0. The van der Waals surface area contributed by atoms with Gasteiger partial charge in [-0.1, -0.05) is 13.0 Å². The van der Waals surface area contributed by atoms with Gasteiger partial charge in [-0.25, -0.2) is 0 Å². The second-order valence-corrected chi connectivity index (χ2v) is 6.27. The zero-order valence-corrected chi connectivity index (χ0v) is 13.0. The van der Waals surface area contributed by atoms with Crippen LogP contribution in [-0.4, -0.2) is 43.2 Å². The van der Waals surface area contributed by atoms with E-state index in [0.717, 1.165) is 45.5 Å². The first kappa shape index (κ1) is 15.5. The maximum atomic E-state index is 11.9. The third-order valence-electron chi connectivity index (χ3n) is 3.38. The first-order valence-electron chi connectivity index (χ1n) is 7.41. The van der Waals surface area contributed by atoms with Gasteiger partial charge in [0.1, 0.15) is 0 Å². The molecule has 1 atom stereocenters. The van der Waals surface area contributed by atoms with Crippen LogP contribution in [0.1, 0.15) is 31.1 Å². The molecule has 1 saturated heterocycles. The van der Waals surface area contributed by atoms with Crippen molar-refractivity contribution in [3.8, 4) is 0 Å². The summed E-state index contributed by atoms with van der Waals surface area (Å²) in [6.45, 7) is 5.81. The number of amides is 1. The molecule has 5 heteroatoms. The predicted octanol–water partition coefficient (Wildman–Crippen LogP) is 2.26. The fraction of sp³-hybridized carbons (Fsp3) is 0.667. The van der Waals surface area contributed by atoms with Crippen molar-refractivity contribution in [3.63, 3.8) is 0 Å². The molecule has 1 amide bonds. The Morgan fingerprint density at radius 1 is 1.60 bits per heavy atom. The second-order valence-electron chi connectivity index (χ2n) is 5.23. The molecule has 112 valence electrons. The quantitative estimate of drug-likeness (QED) is 0.800. The van der Waals surface area contributed by atoms with Crippen LogP contribution in [0.15, 0.2) is 17.5 Å². The van der Waals surface area contributed by atoms with Crippen molar-refractivity contribution in [1.82, 2.24) is 10.2 Å². The monoisotopic (exact) mass is 296 g/mol. The Kier molecular flexibility index (Phi) is 6.50. The number of hydrogen-bond donors (Lipinski definition) is 1. The maximum Gasteiger partial charge on any atom is 0.234 e. The summed E-state index contributed by atoms with van der Waals surface area (Å²) < 4.78 is 5.70. The third kappa shape index (κ3) is 5.23. The molecule has 20 heavy (non-hydrogen) atoms. The van der Waals surface area contributed by atoms with Crippen LogP contribution in [0.25, 0.3) is 0 Å². The Hall–Kier alpha value is -0.910. The van der Waals surface area contributed by atoms with E-state index in [1.165, 1.54) is 4.88 Å². The Morgan fingerprint density at radius 2 is 2.50 bits per heavy atom. The predicted molar refractivity (Wildman–Crippen MR) is 81.9 cm³/mol. The van der Waals surface area contributed by atoms with E-state index in [1.54, 1.807) is 11.3 Å². The van der Waals surface area contributed by atoms with E-state index in [0.29, 0.717) is 6.54 Å². The van der Waals surface area contributed by atoms with E-state index in [9.17, 15) is 4.79 Å². The van der Waals surface area contributed by atoms with E-state index in [2.05, 4.69) is 34.7 Å². The fourth-order valence-electron chi connectivity index (χ4n) is 2.41. The lowest BCUT2D eigenvalue weighted by Crippen LogP contribution is -2.40. The summed E-state index contributed by atoms with van der Waals surface area (Å²) in [5.74, 6) is 0.112. The first-order valence-corrected chi connectivity index (χ1v) is 8.29. The van der Waals surface area contributed by atoms with Crippen molar-refractivity contribution < 1.29 is 9.53 Å². The van der Waals surface area contributed by atoms with E-state index in [-0.39, 0.29) is 12.0 Å². The molecule has 1 aliphatic rings. The molecule has 1 unspecified atom stereocenters. The van der Waals surface area contributed by atoms with Gasteiger partial charge in [-0.15, -0.1) is 11.3 Å². The number of nitrogens with zero attached hydrogens (tertiary/aromatic N) is 1. The maximum absolute atomic E-state index is 11.9. The second kappa shape index (κ2) is 8.39. The number of ether oxygens (including phenoxy) is 1. The van der Waals surface area contributed by atoms with Crippen molar-refractivity contribution >= 4 is 17.2 Å². The molecule has 1 aliphatic heterocycles. The molecule has 0 radical (unpaired) electrons. The topological polar surface area (TPSA) is 41.6 Å². The molecule has 0 saturated carbocycles. The van der Waals surface area contributed by atoms with E-state index in [4.69, 9.17) is 4.74 Å². The van der Waals surface area contributed by atoms with Crippen molar-refractivity contribution in [3.05, 3.63) is 22.4 Å². The fourth-order valence-corrected chi connectivity index (χ4v) is 3.15. The number of carbonyl (C=O) groups excluding carboxylic acids is 1. The summed E-state index contributed by atoms with van der Waals surface area (Å²) in [5, 5.41) is 5.03. The highest BCUT2D eigenvalue weighted by molar-refractivity contribution is 7.09. The zero-order chi connectivity index (χ0) is 14.2. The minimum absolute atomic E-state index is 0.112. The lowest BCUT2D eigenvalue weighted by atomic mass is 10.2. The van der Waals surface area contributed by atoms with E-state index >= 15 is 0 Å². The van der Waals surface area contributed by atoms with E-state index < -0.39 is 0 Å². The van der Waals surface area contributed by atoms with E-state index in [1.807, 2.05) is 0 Å². The molecule has 1 fully saturated rings. The Bertz CT molecular complexity index is 389. The molecule has 0 spiro atoms. The molecule has 4 nitrogen and oxygen atoms in total. The Labute approximate surface area is 125 Å². The highest BCUT2D eigenvalue weighted by Crippen LogP contribution is 2.16. The largest absolute Gasteiger partial charge is 0.377 e. The summed E-state index contributed by atoms with van der Waals surface area (Å²) in [6, 6.07) is 4.18. The van der Waals surface area contributed by atoms with Gasteiger partial charge in [0.25, 0.3) is 0 Å². The summed E-state index contributed by atoms with van der Waals surface area (Å²) in [4.78, 5) is 15.4. The lowest BCUT2D eigenvalue weighted by molar-refractivity contribution is -0.122. The van der Waals surface area contributed by atoms with Crippen LogP contribution in [-0.2, 0) is 16.1 Å². The number of carbonyl (C=O) groups is 1. The molecular weight excluding hydrogens is 272 g/mol. The van der Waals surface area contributed by atoms with Crippen LogP contribution in [0.2, 0.25) is 0 Å². The molecule has 1 aromatic heterocycles. The van der Waals surface area contributed by atoms with Crippen LogP contribution in [0, 0.1) is 0 Å². The first-order chi connectivity index (χ1) is 9.78. The standard InChI is InChI=1S/C15H24N2O2S/c1-2-7-16-15(18)12-17(10-13-5-3-8-19-13)11-14-6-4-9-20-14/h4,6,9,13H,2-3,5,7-8,10-12H2,1H3,(H,16,18). The molecule has 2 rings (SSSR count). The Morgan fingerprint density at radius 3 is 3.15 bits per heavy atom. The number of thiophene rings is 1. The van der Waals surface area contributed by atoms with Gasteiger partial charge in [-0.05, 0) is 30.7 Å². The SMILES string of the molecule is CCCNC(=O)CN(Cc1cccs1)CC1CCCO1. The minimum atomic E-state index is 0.112. The van der Waals surface area contributed by atoms with Crippen molar-refractivity contribution in [2.75, 3.05) is 26.2 Å². The normalized spacial score (nSPS) is 18.6. The van der Waals surface area contributed by atoms with Crippen LogP contribution >= 0.6 is 11.3 Å². The molecule has 0 bridgehead atoms. The van der Waals surface area contributed by atoms with Crippen molar-refractivity contribution in [2.45, 2.75) is 38.8 Å². The molecular formula is C15H24N2O2S. The van der Waals surface area contributed by atoms with Crippen LogP contribution < -0.4 is 5.32 Å². The van der Waals surface area contributed by atoms with Gasteiger partial charge in [-0.3, -0.25) is 9.69 Å². The number of nitrogens with one attached hydrogen (secondary N) is 1. The average molecular weight is 296 g/mol. The lowest BCUT2D eigenvalue weighted by Gasteiger charge is -2.24. The van der Waals surface area contributed by atoms with Crippen LogP contribution in [0.3, 0.4) is 0 Å². The molecule has 1 aromatic rings. The molecule has 1 N–H and O–H groups in total. The van der Waals surface area contributed by atoms with Crippen molar-refractivity contribution in [2.24, 2.45) is 0 Å². The van der Waals surface area contributed by atoms with Gasteiger partial charge in [0.05, 0.1) is 12.6 Å². The van der Waals surface area contributed by atoms with Gasteiger partial charge in [0.15, 0.2) is 0 Å². The third-order valence-corrected chi connectivity index (χ3v) is 4.25. The van der Waals surface area contributed by atoms with Crippen LogP contribution in [0.5, 0.6) is 0 Å². The van der Waals surface area contributed by atoms with Gasteiger partial charge in [-0.2, -0.15) is 0 Å². The zero-order valence-electron chi connectivity index (χ0n) is 12.1. The average Bonchev–Trinajstić information content (AvgIpc) is 3.09. The summed E-state index contributed by atoms with van der Waals surface area (Å²) in [6.07, 6.45) is 3.51. The molecule has 2 heterocycles. The highest BCUT2D eigenvalue weighted by atomic mass is 32.1. The van der Waals surface area contributed by atoms with Gasteiger partial charge in [0.2, 0.25) is 5.91 Å². The van der Waals surface area contributed by atoms with Crippen molar-refractivity contribution in [1.29, 1.82) is 0 Å². The Balaban J connectivity index is 1.86. The smallest absolute Gasteiger partial charge is 0.234 e. The minimum Gasteiger partial charge on any atom is -0.377 e. The van der Waals surface area contributed by atoms with Gasteiger partial charge >= 0.3 is 0 Å². The highest BCUT2D eigenvalue weighted by Gasteiger charge is 2.21. The number of hydrogen-bond acceptors (Lipinski definition) is 4. The van der Waals surface area contributed by atoms with Crippen LogP contribution in [0.4, 0.5) is 0 Å². The number of rotatable bonds is 8. The molecule has 0 aliphatic carbocycles. The van der Waals surface area contributed by atoms with Gasteiger partial charge in [0, 0.05) is 31.1 Å². The summed E-state index contributed by atoms with van der Waals surface area (Å²) >= 11 is 1.74. The summed E-state index contributed by atoms with van der Waals surface area (Å²) in [5.41, 5.74) is 0. The van der Waals surface area contributed by atoms with Gasteiger partial charge < -0.3 is 10.1 Å². The molecule has 0 aromatic carbocycles.